The van der Waals surface area contributed by atoms with E-state index in [-0.39, 0.29) is 19.0 Å². The van der Waals surface area contributed by atoms with E-state index < -0.39 is 5.54 Å². The molecule has 1 aromatic carbocycles. The summed E-state index contributed by atoms with van der Waals surface area (Å²) in [5.74, 6) is 0. The molecule has 1 rings (SSSR count). The zero-order chi connectivity index (χ0) is 9.03. The van der Waals surface area contributed by atoms with Crippen LogP contribution in [0.15, 0.2) is 30.3 Å². The molecular weight excluding hydrogens is 186 g/mol. The SMILES string of the molecule is CC[C@](N)(CO)c1ccccc1.Cl. The Kier molecular flexibility index (Phi) is 4.99. The number of hydrogen-bond donors (Lipinski definition) is 2. The first-order valence-corrected chi connectivity index (χ1v) is 4.18. The van der Waals surface area contributed by atoms with E-state index in [9.17, 15) is 0 Å². The van der Waals surface area contributed by atoms with E-state index in [0.717, 1.165) is 12.0 Å². The van der Waals surface area contributed by atoms with Gasteiger partial charge in [0.05, 0.1) is 12.1 Å². The summed E-state index contributed by atoms with van der Waals surface area (Å²) in [7, 11) is 0. The predicted molar refractivity (Wildman–Crippen MR) is 56.9 cm³/mol. The second-order valence-electron chi connectivity index (χ2n) is 3.03. The average molecular weight is 202 g/mol. The van der Waals surface area contributed by atoms with E-state index in [1.807, 2.05) is 37.3 Å². The third-order valence-corrected chi connectivity index (χ3v) is 2.26. The Balaban J connectivity index is 0.00000144. The molecule has 0 saturated carbocycles. The van der Waals surface area contributed by atoms with Crippen molar-refractivity contribution in [3.63, 3.8) is 0 Å². The minimum atomic E-state index is -0.568. The van der Waals surface area contributed by atoms with Crippen LogP contribution >= 0.6 is 12.4 Å². The molecule has 3 N–H and O–H groups in total. The smallest absolute Gasteiger partial charge is 0.0653 e. The number of benzene rings is 1. The molecule has 3 heteroatoms. The fourth-order valence-electron chi connectivity index (χ4n) is 1.18. The lowest BCUT2D eigenvalue weighted by Gasteiger charge is -2.25. The second-order valence-corrected chi connectivity index (χ2v) is 3.03. The predicted octanol–water partition coefficient (Wildman–Crippen LogP) is 1.66. The lowest BCUT2D eigenvalue weighted by atomic mass is 9.89. The van der Waals surface area contributed by atoms with Gasteiger partial charge in [0.1, 0.15) is 0 Å². The largest absolute Gasteiger partial charge is 0.394 e. The van der Waals surface area contributed by atoms with Gasteiger partial charge in [-0.3, -0.25) is 0 Å². The third-order valence-electron chi connectivity index (χ3n) is 2.26. The van der Waals surface area contributed by atoms with Gasteiger partial charge in [-0.2, -0.15) is 0 Å². The quantitative estimate of drug-likeness (QED) is 0.782. The summed E-state index contributed by atoms with van der Waals surface area (Å²) in [5.41, 5.74) is 6.40. The summed E-state index contributed by atoms with van der Waals surface area (Å²) < 4.78 is 0. The Morgan fingerprint density at radius 3 is 2.23 bits per heavy atom. The highest BCUT2D eigenvalue weighted by Crippen LogP contribution is 2.20. The summed E-state index contributed by atoms with van der Waals surface area (Å²) in [5, 5.41) is 9.11. The van der Waals surface area contributed by atoms with Gasteiger partial charge >= 0.3 is 0 Å². The molecule has 74 valence electrons. The van der Waals surface area contributed by atoms with Crippen molar-refractivity contribution in [3.05, 3.63) is 35.9 Å². The number of aliphatic hydroxyl groups excluding tert-OH is 1. The highest BCUT2D eigenvalue weighted by molar-refractivity contribution is 5.85. The first kappa shape index (κ1) is 12.4. The van der Waals surface area contributed by atoms with Crippen molar-refractivity contribution < 1.29 is 5.11 Å². The van der Waals surface area contributed by atoms with Crippen molar-refractivity contribution >= 4 is 12.4 Å². The lowest BCUT2D eigenvalue weighted by Crippen LogP contribution is -2.39. The highest BCUT2D eigenvalue weighted by Gasteiger charge is 2.23. The fourth-order valence-corrected chi connectivity index (χ4v) is 1.18. The number of nitrogens with two attached hydrogens (primary N) is 1. The van der Waals surface area contributed by atoms with Crippen LogP contribution in [0.5, 0.6) is 0 Å². The van der Waals surface area contributed by atoms with Crippen molar-refractivity contribution in [2.45, 2.75) is 18.9 Å². The van der Waals surface area contributed by atoms with Crippen LogP contribution in [0.2, 0.25) is 0 Å². The van der Waals surface area contributed by atoms with Gasteiger partial charge in [0.15, 0.2) is 0 Å². The molecule has 1 aromatic rings. The number of hydrogen-bond acceptors (Lipinski definition) is 2. The lowest BCUT2D eigenvalue weighted by molar-refractivity contribution is 0.192. The Labute approximate surface area is 85.2 Å². The molecule has 2 nitrogen and oxygen atoms in total. The third kappa shape index (κ3) is 2.69. The molecule has 0 fully saturated rings. The van der Waals surface area contributed by atoms with Gasteiger partial charge in [0, 0.05) is 0 Å². The normalized spacial score (nSPS) is 14.4. The monoisotopic (exact) mass is 201 g/mol. The summed E-state index contributed by atoms with van der Waals surface area (Å²) in [4.78, 5) is 0. The molecule has 0 aromatic heterocycles. The molecule has 0 spiro atoms. The van der Waals surface area contributed by atoms with Crippen LogP contribution in [-0.2, 0) is 5.54 Å². The van der Waals surface area contributed by atoms with Crippen LogP contribution in [0, 0.1) is 0 Å². The summed E-state index contributed by atoms with van der Waals surface area (Å²) in [6.07, 6.45) is 0.744. The van der Waals surface area contributed by atoms with Gasteiger partial charge in [-0.25, -0.2) is 0 Å². The average Bonchev–Trinajstić information content (AvgIpc) is 2.18. The van der Waals surface area contributed by atoms with E-state index in [0.29, 0.717) is 0 Å². The highest BCUT2D eigenvalue weighted by atomic mass is 35.5. The first-order chi connectivity index (χ1) is 5.73. The Morgan fingerprint density at radius 2 is 1.85 bits per heavy atom. The topological polar surface area (TPSA) is 46.2 Å². The van der Waals surface area contributed by atoms with E-state index in [1.165, 1.54) is 0 Å². The molecule has 0 saturated heterocycles. The van der Waals surface area contributed by atoms with Crippen molar-refractivity contribution in [1.82, 2.24) is 0 Å². The van der Waals surface area contributed by atoms with Gasteiger partial charge in [0.2, 0.25) is 0 Å². The van der Waals surface area contributed by atoms with Crippen molar-refractivity contribution in [1.29, 1.82) is 0 Å². The van der Waals surface area contributed by atoms with Crippen molar-refractivity contribution in [2.24, 2.45) is 5.73 Å². The van der Waals surface area contributed by atoms with E-state index in [2.05, 4.69) is 0 Å². The molecule has 0 aliphatic rings. The van der Waals surface area contributed by atoms with Gasteiger partial charge in [0.25, 0.3) is 0 Å². The van der Waals surface area contributed by atoms with Crippen LogP contribution in [0.1, 0.15) is 18.9 Å². The number of halogens is 1. The Morgan fingerprint density at radius 1 is 1.31 bits per heavy atom. The van der Waals surface area contributed by atoms with Crippen LogP contribution in [0.3, 0.4) is 0 Å². The van der Waals surface area contributed by atoms with Crippen LogP contribution < -0.4 is 5.73 Å². The summed E-state index contributed by atoms with van der Waals surface area (Å²) in [6.45, 7) is 1.97. The van der Waals surface area contributed by atoms with Crippen LogP contribution in [0.4, 0.5) is 0 Å². The summed E-state index contributed by atoms with van der Waals surface area (Å²) in [6, 6.07) is 9.70. The van der Waals surface area contributed by atoms with E-state index in [1.54, 1.807) is 0 Å². The van der Waals surface area contributed by atoms with E-state index in [4.69, 9.17) is 10.8 Å². The molecule has 1 atom stereocenters. The standard InChI is InChI=1S/C10H15NO.ClH/c1-2-10(11,8-12)9-6-4-3-5-7-9;/h3-7,12H,2,8,11H2,1H3;1H/t10-;/m0./s1. The molecule has 13 heavy (non-hydrogen) atoms. The Bertz CT molecular complexity index is 234. The number of aliphatic hydroxyl groups is 1. The molecule has 0 aliphatic carbocycles. The molecule has 0 bridgehead atoms. The number of rotatable bonds is 3. The second kappa shape index (κ2) is 5.22. The minimum absolute atomic E-state index is 0. The fraction of sp³-hybridized carbons (Fsp3) is 0.400. The van der Waals surface area contributed by atoms with Gasteiger partial charge in [-0.05, 0) is 12.0 Å². The van der Waals surface area contributed by atoms with Crippen molar-refractivity contribution in [3.8, 4) is 0 Å². The molecule has 0 radical (unpaired) electrons. The van der Waals surface area contributed by atoms with E-state index >= 15 is 0 Å². The van der Waals surface area contributed by atoms with Gasteiger partial charge < -0.3 is 10.8 Å². The molecule has 0 heterocycles. The van der Waals surface area contributed by atoms with Gasteiger partial charge in [-0.1, -0.05) is 37.3 Å². The maximum Gasteiger partial charge on any atom is 0.0653 e. The van der Waals surface area contributed by atoms with Gasteiger partial charge in [-0.15, -0.1) is 12.4 Å². The molecule has 0 amide bonds. The first-order valence-electron chi connectivity index (χ1n) is 4.18. The minimum Gasteiger partial charge on any atom is -0.394 e. The summed E-state index contributed by atoms with van der Waals surface area (Å²) >= 11 is 0. The maximum absolute atomic E-state index is 9.11. The van der Waals surface area contributed by atoms with Crippen LogP contribution in [-0.4, -0.2) is 11.7 Å². The molecule has 0 aliphatic heterocycles. The Hall–Kier alpha value is -0.570. The molecular formula is C10H16ClNO. The van der Waals surface area contributed by atoms with Crippen molar-refractivity contribution in [2.75, 3.05) is 6.61 Å². The zero-order valence-electron chi connectivity index (χ0n) is 7.73. The van der Waals surface area contributed by atoms with Crippen LogP contribution in [0.25, 0.3) is 0 Å². The zero-order valence-corrected chi connectivity index (χ0v) is 8.55. The maximum atomic E-state index is 9.11. The molecule has 0 unspecified atom stereocenters.